The van der Waals surface area contributed by atoms with Crippen LogP contribution < -0.4 is 0 Å². The van der Waals surface area contributed by atoms with Gasteiger partial charge in [0.25, 0.3) is 0 Å². The molecule has 0 aromatic heterocycles. The molecule has 1 rings (SSSR count). The Kier molecular flexibility index (Phi) is 7.30. The van der Waals surface area contributed by atoms with Gasteiger partial charge in [0.05, 0.1) is 0 Å². The third-order valence-corrected chi connectivity index (χ3v) is 2.07. The summed E-state index contributed by atoms with van der Waals surface area (Å²) in [5.41, 5.74) is 0. The zero-order valence-corrected chi connectivity index (χ0v) is 9.97. The van der Waals surface area contributed by atoms with Gasteiger partial charge in [-0.1, -0.05) is 35.8 Å². The van der Waals surface area contributed by atoms with Crippen molar-refractivity contribution in [3.8, 4) is 0 Å². The van der Waals surface area contributed by atoms with Crippen LogP contribution in [0.4, 0.5) is 4.39 Å². The number of hydrogen-bond donors (Lipinski definition) is 0. The molecule has 78 valence electrons. The van der Waals surface area contributed by atoms with E-state index in [0.29, 0.717) is 18.6 Å². The van der Waals surface area contributed by atoms with Gasteiger partial charge in [0.1, 0.15) is 11.6 Å². The lowest BCUT2D eigenvalue weighted by atomic mass is 10.3. The maximum atomic E-state index is 12.1. The molecule has 0 spiro atoms. The minimum Gasteiger partial charge on any atom is -0.300 e. The van der Waals surface area contributed by atoms with Crippen molar-refractivity contribution in [1.82, 2.24) is 0 Å². The van der Waals surface area contributed by atoms with Crippen molar-refractivity contribution >= 4 is 21.7 Å². The van der Waals surface area contributed by atoms with Crippen LogP contribution in [0.2, 0.25) is 0 Å². The Morgan fingerprint density at radius 2 is 1.93 bits per heavy atom. The normalized spacial score (nSPS) is 8.86. The fourth-order valence-electron chi connectivity index (χ4n) is 0.710. The van der Waals surface area contributed by atoms with Gasteiger partial charge in [-0.3, -0.25) is 4.79 Å². The van der Waals surface area contributed by atoms with Crippen molar-refractivity contribution in [1.29, 1.82) is 0 Å². The predicted octanol–water partition coefficient (Wildman–Crippen LogP) is 3.96. The Morgan fingerprint density at radius 1 is 1.36 bits per heavy atom. The Balaban J connectivity index is 0.000000255. The summed E-state index contributed by atoms with van der Waals surface area (Å²) in [6, 6.07) is 6.26. The quantitative estimate of drug-likeness (QED) is 0.787. The van der Waals surface area contributed by atoms with Crippen LogP contribution >= 0.6 is 15.9 Å². The van der Waals surface area contributed by atoms with E-state index in [-0.39, 0.29) is 5.82 Å². The van der Waals surface area contributed by atoms with E-state index < -0.39 is 0 Å². The van der Waals surface area contributed by atoms with Crippen molar-refractivity contribution in [3.63, 3.8) is 0 Å². The molecule has 0 atom stereocenters. The van der Waals surface area contributed by atoms with E-state index in [1.54, 1.807) is 12.1 Å². The molecule has 14 heavy (non-hydrogen) atoms. The number of hydrogen-bond acceptors (Lipinski definition) is 1. The maximum absolute atomic E-state index is 12.1. The molecular formula is C11H14BrFO. The third kappa shape index (κ3) is 6.78. The number of Topliss-reactive ketones (excluding diaryl/α,β-unsaturated/α-hetero) is 1. The molecule has 1 nitrogen and oxygen atoms in total. The summed E-state index contributed by atoms with van der Waals surface area (Å²) in [6.45, 7) is 3.76. The molecule has 1 aromatic carbocycles. The molecule has 1 aromatic rings. The lowest BCUT2D eigenvalue weighted by Crippen LogP contribution is -1.88. The number of benzene rings is 1. The monoisotopic (exact) mass is 260 g/mol. The van der Waals surface area contributed by atoms with Crippen molar-refractivity contribution < 1.29 is 9.18 Å². The van der Waals surface area contributed by atoms with Gasteiger partial charge in [0.2, 0.25) is 0 Å². The van der Waals surface area contributed by atoms with Crippen LogP contribution in [0, 0.1) is 5.82 Å². The number of ketones is 1. The van der Waals surface area contributed by atoms with Crippen molar-refractivity contribution in [2.75, 3.05) is 0 Å². The first-order chi connectivity index (χ1) is 6.60. The lowest BCUT2D eigenvalue weighted by Gasteiger charge is -1.85. The first-order valence-corrected chi connectivity index (χ1v) is 5.32. The van der Waals surface area contributed by atoms with E-state index in [0.717, 1.165) is 4.47 Å². The largest absolute Gasteiger partial charge is 0.300 e. The van der Waals surface area contributed by atoms with E-state index in [4.69, 9.17) is 0 Å². The zero-order chi connectivity index (χ0) is 11.0. The van der Waals surface area contributed by atoms with Gasteiger partial charge in [-0.2, -0.15) is 0 Å². The lowest BCUT2D eigenvalue weighted by molar-refractivity contribution is -0.118. The molecule has 0 aliphatic carbocycles. The van der Waals surface area contributed by atoms with Gasteiger partial charge in [-0.05, 0) is 18.2 Å². The minimum atomic E-state index is -0.209. The van der Waals surface area contributed by atoms with Crippen LogP contribution in [0.15, 0.2) is 28.7 Å². The first kappa shape index (κ1) is 13.3. The summed E-state index contributed by atoms with van der Waals surface area (Å²) < 4.78 is 12.9. The van der Waals surface area contributed by atoms with Crippen LogP contribution in [0.1, 0.15) is 26.7 Å². The SMILES string of the molecule is CCC(=O)CC.Fc1cccc(Br)c1. The minimum absolute atomic E-state index is 0.209. The molecule has 0 aliphatic rings. The number of rotatable bonds is 2. The van der Waals surface area contributed by atoms with Crippen molar-refractivity contribution in [3.05, 3.63) is 34.6 Å². The van der Waals surface area contributed by atoms with E-state index in [9.17, 15) is 9.18 Å². The Hall–Kier alpha value is -0.700. The molecule has 3 heteroatoms. The fourth-order valence-corrected chi connectivity index (χ4v) is 1.08. The van der Waals surface area contributed by atoms with Gasteiger partial charge in [0.15, 0.2) is 0 Å². The average Bonchev–Trinajstić information content (AvgIpc) is 2.17. The second kappa shape index (κ2) is 7.68. The molecule has 0 saturated carbocycles. The summed E-state index contributed by atoms with van der Waals surface area (Å²) in [6.07, 6.45) is 1.38. The van der Waals surface area contributed by atoms with Crippen molar-refractivity contribution in [2.45, 2.75) is 26.7 Å². The molecule has 0 unspecified atom stereocenters. The topological polar surface area (TPSA) is 17.1 Å². The summed E-state index contributed by atoms with van der Waals surface area (Å²) in [7, 11) is 0. The Morgan fingerprint density at radius 3 is 2.14 bits per heavy atom. The highest BCUT2D eigenvalue weighted by Crippen LogP contribution is 2.09. The van der Waals surface area contributed by atoms with Crippen LogP contribution in [0.25, 0.3) is 0 Å². The van der Waals surface area contributed by atoms with Gasteiger partial charge in [0, 0.05) is 17.3 Å². The maximum Gasteiger partial charge on any atom is 0.132 e. The standard InChI is InChI=1S/C6H4BrF.C5H10O/c7-5-2-1-3-6(8)4-5;1-3-5(6)4-2/h1-4H;3-4H2,1-2H3. The highest BCUT2D eigenvalue weighted by atomic mass is 79.9. The van der Waals surface area contributed by atoms with Gasteiger partial charge >= 0.3 is 0 Å². The highest BCUT2D eigenvalue weighted by Gasteiger charge is 1.87. The summed E-state index contributed by atoms with van der Waals surface area (Å²) in [4.78, 5) is 10.2. The molecule has 0 amide bonds. The molecule has 0 heterocycles. The smallest absolute Gasteiger partial charge is 0.132 e. The highest BCUT2D eigenvalue weighted by molar-refractivity contribution is 9.10. The molecule has 0 aliphatic heterocycles. The summed E-state index contributed by atoms with van der Waals surface area (Å²) >= 11 is 3.12. The second-order valence-electron chi connectivity index (χ2n) is 2.69. The van der Waals surface area contributed by atoms with Crippen molar-refractivity contribution in [2.24, 2.45) is 0 Å². The van der Waals surface area contributed by atoms with Gasteiger partial charge in [-0.25, -0.2) is 4.39 Å². The van der Waals surface area contributed by atoms with Gasteiger partial charge in [-0.15, -0.1) is 0 Å². The zero-order valence-electron chi connectivity index (χ0n) is 8.39. The number of halogens is 2. The number of carbonyl (C=O) groups excluding carboxylic acids is 1. The molecule has 0 saturated heterocycles. The second-order valence-corrected chi connectivity index (χ2v) is 3.60. The van der Waals surface area contributed by atoms with Gasteiger partial charge < -0.3 is 0 Å². The summed E-state index contributed by atoms with van der Waals surface area (Å²) in [5, 5.41) is 0. The van der Waals surface area contributed by atoms with Crippen LogP contribution in [0.3, 0.4) is 0 Å². The first-order valence-electron chi connectivity index (χ1n) is 4.52. The summed E-state index contributed by atoms with van der Waals surface area (Å²) in [5.74, 6) is 0.134. The van der Waals surface area contributed by atoms with E-state index in [2.05, 4.69) is 15.9 Å². The van der Waals surface area contributed by atoms with Crippen LogP contribution in [-0.2, 0) is 4.79 Å². The molecule has 0 fully saturated rings. The average molecular weight is 261 g/mol. The molecule has 0 bridgehead atoms. The van der Waals surface area contributed by atoms with E-state index in [1.807, 2.05) is 13.8 Å². The van der Waals surface area contributed by atoms with Crippen LogP contribution in [0.5, 0.6) is 0 Å². The Labute approximate surface area is 92.5 Å². The Bertz CT molecular complexity index is 263. The fraction of sp³-hybridized carbons (Fsp3) is 0.364. The van der Waals surface area contributed by atoms with E-state index in [1.165, 1.54) is 12.1 Å². The third-order valence-electron chi connectivity index (χ3n) is 1.58. The molecule has 0 radical (unpaired) electrons. The van der Waals surface area contributed by atoms with E-state index >= 15 is 0 Å². The van der Waals surface area contributed by atoms with Crippen LogP contribution in [-0.4, -0.2) is 5.78 Å². The molecule has 0 N–H and O–H groups in total. The predicted molar refractivity (Wildman–Crippen MR) is 59.7 cm³/mol. The molecular weight excluding hydrogens is 247 g/mol. The number of carbonyl (C=O) groups is 1.